The zero-order valence-electron chi connectivity index (χ0n) is 20.4. The van der Waals surface area contributed by atoms with E-state index in [0.29, 0.717) is 32.9 Å². The minimum atomic E-state index is -0.947. The first kappa shape index (κ1) is 26.2. The molecular weight excluding hydrogens is 505 g/mol. The zero-order chi connectivity index (χ0) is 26.0. The van der Waals surface area contributed by atoms with Crippen LogP contribution < -0.4 is 5.32 Å². The summed E-state index contributed by atoms with van der Waals surface area (Å²) in [6.45, 7) is 6.36. The lowest BCUT2D eigenvalue weighted by atomic mass is 9.90. The van der Waals surface area contributed by atoms with Crippen LogP contribution in [0.5, 0.6) is 0 Å². The second kappa shape index (κ2) is 10.6. The van der Waals surface area contributed by atoms with Crippen molar-refractivity contribution in [3.05, 3.63) is 51.4 Å². The van der Waals surface area contributed by atoms with Crippen LogP contribution in [0, 0.1) is 5.41 Å². The van der Waals surface area contributed by atoms with Crippen LogP contribution in [0.3, 0.4) is 0 Å². The van der Waals surface area contributed by atoms with Crippen molar-refractivity contribution in [1.82, 2.24) is 10.3 Å². The van der Waals surface area contributed by atoms with Gasteiger partial charge in [-0.1, -0.05) is 54.3 Å². The molecule has 8 nitrogen and oxygen atoms in total. The number of halogens is 2. The largest absolute Gasteiger partial charge is 0.481 e. The molecule has 0 unspecified atom stereocenters. The Morgan fingerprint density at radius 1 is 1.17 bits per heavy atom. The van der Waals surface area contributed by atoms with Crippen LogP contribution in [0.25, 0.3) is 11.4 Å². The number of amides is 1. The molecule has 10 heteroatoms. The van der Waals surface area contributed by atoms with Crippen LogP contribution in [-0.2, 0) is 16.0 Å². The first-order valence-electron chi connectivity index (χ1n) is 11.9. The van der Waals surface area contributed by atoms with E-state index >= 15 is 0 Å². The highest BCUT2D eigenvalue weighted by Gasteiger charge is 2.37. The third-order valence-corrected chi connectivity index (χ3v) is 6.51. The van der Waals surface area contributed by atoms with E-state index < -0.39 is 11.9 Å². The number of nitrogens with zero attached hydrogens (tertiary/aromatic N) is 2. The molecule has 1 aliphatic rings. The highest BCUT2D eigenvalue weighted by atomic mass is 35.5. The fourth-order valence-corrected chi connectivity index (χ4v) is 4.68. The molecule has 2 heterocycles. The number of rotatable bonds is 10. The van der Waals surface area contributed by atoms with Gasteiger partial charge in [0, 0.05) is 41.8 Å². The summed E-state index contributed by atoms with van der Waals surface area (Å²) in [5, 5.41) is 21.4. The predicted molar refractivity (Wildman–Crippen MR) is 136 cm³/mol. The van der Waals surface area contributed by atoms with Crippen molar-refractivity contribution < 1.29 is 23.7 Å². The monoisotopic (exact) mass is 533 g/mol. The predicted octanol–water partition coefficient (Wildman–Crippen LogP) is 7.08. The second-order valence-corrected chi connectivity index (χ2v) is 11.3. The SMILES string of the molecule is CC(C)(C)Cc1cc(-c2noc([C@@H](CCC(=O)O)CC(=O)Nc3ccc(Cl)cc3Cl)c2C2CC2)no1. The summed E-state index contributed by atoms with van der Waals surface area (Å²) in [5.41, 5.74) is 2.53. The second-order valence-electron chi connectivity index (χ2n) is 10.5. The van der Waals surface area contributed by atoms with Crippen LogP contribution in [0.2, 0.25) is 10.0 Å². The van der Waals surface area contributed by atoms with Gasteiger partial charge in [0.1, 0.15) is 22.9 Å². The molecule has 0 aliphatic heterocycles. The molecule has 36 heavy (non-hydrogen) atoms. The average molecular weight is 534 g/mol. The van der Waals surface area contributed by atoms with E-state index in [-0.39, 0.29) is 36.5 Å². The van der Waals surface area contributed by atoms with Crippen LogP contribution >= 0.6 is 23.2 Å². The Labute approximate surface area is 219 Å². The molecule has 2 N–H and O–H groups in total. The number of nitrogens with one attached hydrogen (secondary N) is 1. The summed E-state index contributed by atoms with van der Waals surface area (Å²) in [5.74, 6) is -0.229. The number of aromatic nitrogens is 2. The topological polar surface area (TPSA) is 118 Å². The van der Waals surface area contributed by atoms with E-state index in [1.165, 1.54) is 0 Å². The summed E-state index contributed by atoms with van der Waals surface area (Å²) in [6, 6.07) is 6.67. The number of anilines is 1. The highest BCUT2D eigenvalue weighted by Crippen LogP contribution is 2.48. The van der Waals surface area contributed by atoms with Crippen molar-refractivity contribution in [3.8, 4) is 11.4 Å². The smallest absolute Gasteiger partial charge is 0.303 e. The van der Waals surface area contributed by atoms with Crippen molar-refractivity contribution in [1.29, 1.82) is 0 Å². The van der Waals surface area contributed by atoms with Gasteiger partial charge < -0.3 is 19.5 Å². The van der Waals surface area contributed by atoms with Gasteiger partial charge in [-0.25, -0.2) is 0 Å². The maximum atomic E-state index is 12.9. The van der Waals surface area contributed by atoms with E-state index in [4.69, 9.17) is 32.2 Å². The van der Waals surface area contributed by atoms with Crippen molar-refractivity contribution >= 4 is 40.8 Å². The Balaban J connectivity index is 1.60. The van der Waals surface area contributed by atoms with Crippen LogP contribution in [0.4, 0.5) is 5.69 Å². The van der Waals surface area contributed by atoms with Gasteiger partial charge in [0.05, 0.1) is 10.7 Å². The first-order chi connectivity index (χ1) is 17.0. The molecule has 0 radical (unpaired) electrons. The molecule has 3 aromatic rings. The molecule has 0 spiro atoms. The van der Waals surface area contributed by atoms with Gasteiger partial charge in [-0.2, -0.15) is 0 Å². The highest BCUT2D eigenvalue weighted by molar-refractivity contribution is 6.36. The molecule has 1 aliphatic carbocycles. The Hall–Kier alpha value is -2.84. The number of hydrogen-bond acceptors (Lipinski definition) is 6. The molecule has 1 aromatic carbocycles. The fraction of sp³-hybridized carbons (Fsp3) is 0.462. The number of carbonyl (C=O) groups is 2. The van der Waals surface area contributed by atoms with Gasteiger partial charge in [-0.3, -0.25) is 9.59 Å². The van der Waals surface area contributed by atoms with Crippen molar-refractivity contribution in [3.63, 3.8) is 0 Å². The van der Waals surface area contributed by atoms with E-state index in [9.17, 15) is 14.7 Å². The normalized spacial score (nSPS) is 14.6. The molecule has 0 saturated heterocycles. The van der Waals surface area contributed by atoms with E-state index in [1.54, 1.807) is 18.2 Å². The zero-order valence-corrected chi connectivity index (χ0v) is 21.9. The maximum Gasteiger partial charge on any atom is 0.303 e. The van der Waals surface area contributed by atoms with Gasteiger partial charge in [-0.05, 0) is 48.8 Å². The number of aliphatic carboxylic acids is 1. The van der Waals surface area contributed by atoms with Crippen molar-refractivity contribution in [2.75, 3.05) is 5.32 Å². The maximum absolute atomic E-state index is 12.9. The van der Waals surface area contributed by atoms with Gasteiger partial charge in [0.2, 0.25) is 5.91 Å². The molecule has 1 saturated carbocycles. The number of benzene rings is 1. The molecule has 0 bridgehead atoms. The van der Waals surface area contributed by atoms with E-state index in [2.05, 4.69) is 36.4 Å². The Bertz CT molecular complexity index is 1260. The number of carbonyl (C=O) groups excluding carboxylic acids is 1. The van der Waals surface area contributed by atoms with Crippen molar-refractivity contribution in [2.45, 2.75) is 71.1 Å². The van der Waals surface area contributed by atoms with Gasteiger partial charge in [0.15, 0.2) is 0 Å². The molecule has 192 valence electrons. The van der Waals surface area contributed by atoms with Gasteiger partial charge in [-0.15, -0.1) is 0 Å². The van der Waals surface area contributed by atoms with E-state index in [0.717, 1.165) is 30.6 Å². The van der Waals surface area contributed by atoms with Crippen LogP contribution in [-0.4, -0.2) is 27.3 Å². The minimum absolute atomic E-state index is 0.00861. The molecule has 1 fully saturated rings. The third-order valence-electron chi connectivity index (χ3n) is 5.96. The Morgan fingerprint density at radius 2 is 1.92 bits per heavy atom. The minimum Gasteiger partial charge on any atom is -0.481 e. The van der Waals surface area contributed by atoms with Crippen molar-refractivity contribution in [2.24, 2.45) is 5.41 Å². The van der Waals surface area contributed by atoms with Crippen LogP contribution in [0.1, 0.15) is 81.8 Å². The standard InChI is InChI=1S/C26H29Cl2N3O5/c1-26(2,3)13-17-12-20(30-35-17)24-23(14-4-5-14)25(36-31-24)15(6-9-22(33)34)10-21(32)29-19-8-7-16(27)11-18(19)28/h7-8,11-12,14-15H,4-6,9-10,13H2,1-3H3,(H,29,32)(H,33,34)/t15-/m0/s1. The summed E-state index contributed by atoms with van der Waals surface area (Å²) in [6.07, 6.45) is 2.77. The molecular formula is C26H29Cl2N3O5. The van der Waals surface area contributed by atoms with Gasteiger partial charge >= 0.3 is 5.97 Å². The summed E-state index contributed by atoms with van der Waals surface area (Å²) in [7, 11) is 0. The Kier molecular flexibility index (Phi) is 7.76. The number of carboxylic acids is 1. The first-order valence-corrected chi connectivity index (χ1v) is 12.7. The summed E-state index contributed by atoms with van der Waals surface area (Å²) in [4.78, 5) is 24.3. The summed E-state index contributed by atoms with van der Waals surface area (Å²) < 4.78 is 11.4. The Morgan fingerprint density at radius 3 is 2.56 bits per heavy atom. The molecule has 1 amide bonds. The van der Waals surface area contributed by atoms with E-state index in [1.807, 2.05) is 6.07 Å². The lowest BCUT2D eigenvalue weighted by Gasteiger charge is -2.15. The lowest BCUT2D eigenvalue weighted by Crippen LogP contribution is -2.17. The lowest BCUT2D eigenvalue weighted by molar-refractivity contribution is -0.137. The molecule has 2 aromatic heterocycles. The fourth-order valence-electron chi connectivity index (χ4n) is 4.23. The summed E-state index contributed by atoms with van der Waals surface area (Å²) >= 11 is 12.1. The molecule has 4 rings (SSSR count). The quantitative estimate of drug-likeness (QED) is 0.285. The number of hydrogen-bond donors (Lipinski definition) is 2. The molecule has 1 atom stereocenters. The third kappa shape index (κ3) is 6.68. The average Bonchev–Trinajstić information content (AvgIpc) is 3.35. The number of carboxylic acid groups (broad SMARTS) is 1. The van der Waals surface area contributed by atoms with Gasteiger partial charge in [0.25, 0.3) is 0 Å². The van der Waals surface area contributed by atoms with Crippen LogP contribution in [0.15, 0.2) is 33.3 Å².